The molecule has 3 rings (SSSR count). The fourth-order valence-corrected chi connectivity index (χ4v) is 3.87. The first-order valence-corrected chi connectivity index (χ1v) is 11.0. The first-order valence-electron chi connectivity index (χ1n) is 11.0. The Morgan fingerprint density at radius 3 is 2.21 bits per heavy atom. The molecule has 34 heavy (non-hydrogen) atoms. The van der Waals surface area contributed by atoms with Crippen LogP contribution in [0.1, 0.15) is 37.6 Å². The van der Waals surface area contributed by atoms with Crippen LogP contribution in [0.25, 0.3) is 11.0 Å². The summed E-state index contributed by atoms with van der Waals surface area (Å²) in [6.45, 7) is 5.66. The monoisotopic (exact) mass is 471 g/mol. The van der Waals surface area contributed by atoms with E-state index in [4.69, 9.17) is 10.5 Å². The number of ether oxygens (including phenoxy) is 1. The van der Waals surface area contributed by atoms with E-state index in [-0.39, 0.29) is 36.9 Å². The van der Waals surface area contributed by atoms with Crippen molar-refractivity contribution >= 4 is 28.6 Å². The molecule has 182 valence electrons. The van der Waals surface area contributed by atoms with Crippen LogP contribution in [-0.2, 0) is 36.2 Å². The van der Waals surface area contributed by atoms with Crippen LogP contribution in [0.4, 0.5) is 5.82 Å². The summed E-state index contributed by atoms with van der Waals surface area (Å²) in [7, 11) is 1.26. The Morgan fingerprint density at radius 2 is 1.62 bits per heavy atom. The van der Waals surface area contributed by atoms with Crippen molar-refractivity contribution < 1.29 is 14.3 Å². The number of fused-ring (bicyclic) bond motifs is 1. The number of carbonyl (C=O) groups is 2. The molecule has 2 aromatic heterocycles. The van der Waals surface area contributed by atoms with Crippen molar-refractivity contribution in [2.24, 2.45) is 13.0 Å². The Balaban J connectivity index is 1.74. The van der Waals surface area contributed by atoms with E-state index in [2.05, 4.69) is 0 Å². The fourth-order valence-electron chi connectivity index (χ4n) is 3.87. The number of ketones is 1. The van der Waals surface area contributed by atoms with Gasteiger partial charge in [-0.1, -0.05) is 26.0 Å². The number of nitrogens with two attached hydrogens (primary N) is 1. The number of benzene rings is 1. The number of Topliss-reactive ketones (excluding diaryl/α,β-unsaturated/α-hetero) is 1. The fraction of sp³-hybridized carbons (Fsp3) is 0.435. The predicted molar refractivity (Wildman–Crippen MR) is 127 cm³/mol. The molecular formula is C23H29N5O6. The van der Waals surface area contributed by atoms with Crippen molar-refractivity contribution in [2.45, 2.75) is 46.8 Å². The van der Waals surface area contributed by atoms with E-state index in [1.807, 2.05) is 32.9 Å². The highest BCUT2D eigenvalue weighted by atomic mass is 16.5. The standard InChI is InChI=1S/C23H29N5O6/c1-5-26-15-8-6-7-9-16(15)27(23(26)33)11-10-18(30)34-13-17(29)19-20(24)28(12-14(2)3)22(32)25(4)21(19)31/h6-9,14H,5,10-13,24H2,1-4H3. The predicted octanol–water partition coefficient (Wildman–Crippen LogP) is 0.738. The maximum absolute atomic E-state index is 12.7. The van der Waals surface area contributed by atoms with Crippen molar-refractivity contribution in [3.05, 3.63) is 61.2 Å². The number of nitrogen functional groups attached to an aromatic ring is 1. The summed E-state index contributed by atoms with van der Waals surface area (Å²) in [6, 6.07) is 7.26. The second-order valence-electron chi connectivity index (χ2n) is 8.41. The summed E-state index contributed by atoms with van der Waals surface area (Å²) in [5, 5.41) is 0. The average Bonchev–Trinajstić information content (AvgIpc) is 3.08. The molecule has 0 radical (unpaired) electrons. The number of anilines is 1. The van der Waals surface area contributed by atoms with Gasteiger partial charge in [0.05, 0.1) is 17.5 Å². The molecule has 0 aliphatic rings. The van der Waals surface area contributed by atoms with Gasteiger partial charge in [-0.25, -0.2) is 9.59 Å². The third-order valence-electron chi connectivity index (χ3n) is 5.55. The Kier molecular flexibility index (Phi) is 7.23. The number of hydrogen-bond donors (Lipinski definition) is 1. The normalized spacial score (nSPS) is 11.3. The van der Waals surface area contributed by atoms with Gasteiger partial charge in [0.2, 0.25) is 5.78 Å². The van der Waals surface area contributed by atoms with Crippen LogP contribution >= 0.6 is 0 Å². The van der Waals surface area contributed by atoms with Crippen LogP contribution in [-0.4, -0.2) is 36.6 Å². The lowest BCUT2D eigenvalue weighted by molar-refractivity contribution is -0.142. The molecule has 0 atom stereocenters. The summed E-state index contributed by atoms with van der Waals surface area (Å²) < 4.78 is 10.1. The quantitative estimate of drug-likeness (QED) is 0.358. The van der Waals surface area contributed by atoms with Crippen molar-refractivity contribution in [3.63, 3.8) is 0 Å². The van der Waals surface area contributed by atoms with E-state index in [1.54, 1.807) is 16.7 Å². The van der Waals surface area contributed by atoms with Crippen molar-refractivity contribution in [1.82, 2.24) is 18.3 Å². The van der Waals surface area contributed by atoms with Gasteiger partial charge in [-0.05, 0) is 25.0 Å². The second-order valence-corrected chi connectivity index (χ2v) is 8.41. The van der Waals surface area contributed by atoms with Crippen LogP contribution in [0.2, 0.25) is 0 Å². The molecule has 11 heteroatoms. The number of nitrogens with zero attached hydrogens (tertiary/aromatic N) is 4. The summed E-state index contributed by atoms with van der Waals surface area (Å²) >= 11 is 0. The maximum Gasteiger partial charge on any atom is 0.332 e. The molecule has 2 N–H and O–H groups in total. The summed E-state index contributed by atoms with van der Waals surface area (Å²) in [4.78, 5) is 62.5. The lowest BCUT2D eigenvalue weighted by Gasteiger charge is -2.16. The molecule has 2 heterocycles. The molecule has 3 aromatic rings. The third-order valence-corrected chi connectivity index (χ3v) is 5.55. The minimum Gasteiger partial charge on any atom is -0.457 e. The van der Waals surface area contributed by atoms with Crippen molar-refractivity contribution in [1.29, 1.82) is 0 Å². The van der Waals surface area contributed by atoms with Gasteiger partial charge in [-0.15, -0.1) is 0 Å². The Bertz CT molecular complexity index is 1420. The zero-order chi connectivity index (χ0) is 25.2. The van der Waals surface area contributed by atoms with Gasteiger partial charge < -0.3 is 10.5 Å². The number of hydrogen-bond acceptors (Lipinski definition) is 7. The highest BCUT2D eigenvalue weighted by molar-refractivity contribution is 6.01. The first-order chi connectivity index (χ1) is 16.1. The Hall–Kier alpha value is -3.89. The Labute approximate surface area is 195 Å². The molecule has 1 aromatic carbocycles. The molecule has 0 unspecified atom stereocenters. The highest BCUT2D eigenvalue weighted by Crippen LogP contribution is 2.13. The molecule has 0 fully saturated rings. The van der Waals surface area contributed by atoms with E-state index >= 15 is 0 Å². The van der Waals surface area contributed by atoms with E-state index in [0.29, 0.717) is 12.1 Å². The van der Waals surface area contributed by atoms with Gasteiger partial charge in [0, 0.05) is 26.7 Å². The minimum atomic E-state index is -0.845. The topological polar surface area (TPSA) is 140 Å². The zero-order valence-corrected chi connectivity index (χ0v) is 19.7. The zero-order valence-electron chi connectivity index (χ0n) is 19.7. The van der Waals surface area contributed by atoms with E-state index in [9.17, 15) is 24.0 Å². The van der Waals surface area contributed by atoms with Crippen LogP contribution in [0.15, 0.2) is 38.6 Å². The number of para-hydroxylation sites is 2. The van der Waals surface area contributed by atoms with Crippen LogP contribution < -0.4 is 22.7 Å². The van der Waals surface area contributed by atoms with Gasteiger partial charge in [-0.3, -0.25) is 32.7 Å². The van der Waals surface area contributed by atoms with Gasteiger partial charge in [0.25, 0.3) is 5.56 Å². The number of rotatable bonds is 9. The molecule has 0 aliphatic carbocycles. The summed E-state index contributed by atoms with van der Waals surface area (Å²) in [6.07, 6.45) is -0.148. The molecule has 0 amide bonds. The largest absolute Gasteiger partial charge is 0.457 e. The number of aryl methyl sites for hydroxylation is 2. The number of aromatic nitrogens is 4. The van der Waals surface area contributed by atoms with E-state index in [1.165, 1.54) is 11.6 Å². The molecule has 11 nitrogen and oxygen atoms in total. The summed E-state index contributed by atoms with van der Waals surface area (Å²) in [5.41, 5.74) is 5.34. The van der Waals surface area contributed by atoms with Crippen LogP contribution in [0, 0.1) is 5.92 Å². The first kappa shape index (κ1) is 24.7. The minimum absolute atomic E-state index is 0.0420. The number of esters is 1. The molecule has 0 bridgehead atoms. The van der Waals surface area contributed by atoms with E-state index in [0.717, 1.165) is 14.7 Å². The highest BCUT2D eigenvalue weighted by Gasteiger charge is 2.23. The second kappa shape index (κ2) is 9.94. The molecular weight excluding hydrogens is 442 g/mol. The van der Waals surface area contributed by atoms with Gasteiger partial charge >= 0.3 is 17.3 Å². The third kappa shape index (κ3) is 4.59. The van der Waals surface area contributed by atoms with Gasteiger partial charge in [0.1, 0.15) is 11.4 Å². The lowest BCUT2D eigenvalue weighted by atomic mass is 10.1. The van der Waals surface area contributed by atoms with Gasteiger partial charge in [-0.2, -0.15) is 0 Å². The average molecular weight is 472 g/mol. The SMILES string of the molecule is CCn1c(=O)n(CCC(=O)OCC(=O)c2c(N)n(CC(C)C)c(=O)n(C)c2=O)c2ccccc21. The smallest absolute Gasteiger partial charge is 0.332 e. The summed E-state index contributed by atoms with van der Waals surface area (Å²) in [5.74, 6) is -1.72. The number of imidazole rings is 1. The lowest BCUT2D eigenvalue weighted by Crippen LogP contribution is -2.43. The van der Waals surface area contributed by atoms with Crippen LogP contribution in [0.3, 0.4) is 0 Å². The Morgan fingerprint density at radius 1 is 1.00 bits per heavy atom. The maximum atomic E-state index is 12.7. The number of carbonyl (C=O) groups excluding carboxylic acids is 2. The van der Waals surface area contributed by atoms with Crippen molar-refractivity contribution in [2.75, 3.05) is 12.3 Å². The molecule has 0 spiro atoms. The van der Waals surface area contributed by atoms with E-state index < -0.39 is 35.2 Å². The van der Waals surface area contributed by atoms with Crippen molar-refractivity contribution in [3.8, 4) is 0 Å². The van der Waals surface area contributed by atoms with Gasteiger partial charge in [0.15, 0.2) is 6.61 Å². The van der Waals surface area contributed by atoms with Crippen LogP contribution in [0.5, 0.6) is 0 Å². The molecule has 0 saturated heterocycles. The molecule has 0 aliphatic heterocycles. The molecule has 0 saturated carbocycles.